The van der Waals surface area contributed by atoms with Gasteiger partial charge in [-0.25, -0.2) is 9.97 Å². The second-order valence-electron chi connectivity index (χ2n) is 6.81. The summed E-state index contributed by atoms with van der Waals surface area (Å²) in [7, 11) is 0. The van der Waals surface area contributed by atoms with Crippen molar-refractivity contribution in [1.29, 1.82) is 0 Å². The molecule has 0 spiro atoms. The predicted molar refractivity (Wildman–Crippen MR) is 80.9 cm³/mol. The SMILES string of the molecule is CC1CCN(c2cc(Cl)nc(C(C)(C)C)n2)CC1C. The number of nitrogens with zero attached hydrogens (tertiary/aromatic N) is 3. The van der Waals surface area contributed by atoms with Crippen LogP contribution in [0.3, 0.4) is 0 Å². The highest BCUT2D eigenvalue weighted by molar-refractivity contribution is 6.29. The van der Waals surface area contributed by atoms with Crippen LogP contribution in [0, 0.1) is 11.8 Å². The van der Waals surface area contributed by atoms with Crippen LogP contribution in [0.5, 0.6) is 0 Å². The van der Waals surface area contributed by atoms with Crippen LogP contribution in [0.1, 0.15) is 46.9 Å². The normalized spacial score (nSPS) is 24.6. The molecule has 0 bridgehead atoms. The Labute approximate surface area is 121 Å². The van der Waals surface area contributed by atoms with Gasteiger partial charge in [0.05, 0.1) is 0 Å². The molecule has 0 aromatic carbocycles. The van der Waals surface area contributed by atoms with Gasteiger partial charge in [-0.05, 0) is 18.3 Å². The highest BCUT2D eigenvalue weighted by atomic mass is 35.5. The summed E-state index contributed by atoms with van der Waals surface area (Å²) in [6.07, 6.45) is 1.22. The molecule has 1 aromatic heterocycles. The molecular weight excluding hydrogens is 258 g/mol. The van der Waals surface area contributed by atoms with E-state index in [0.717, 1.165) is 30.6 Å². The Morgan fingerprint density at radius 2 is 1.89 bits per heavy atom. The molecule has 2 atom stereocenters. The van der Waals surface area contributed by atoms with Gasteiger partial charge in [-0.15, -0.1) is 0 Å². The van der Waals surface area contributed by atoms with E-state index in [1.807, 2.05) is 6.07 Å². The van der Waals surface area contributed by atoms with Crippen LogP contribution in [-0.4, -0.2) is 23.1 Å². The molecule has 106 valence electrons. The van der Waals surface area contributed by atoms with Gasteiger partial charge in [0.25, 0.3) is 0 Å². The molecule has 1 aliphatic heterocycles. The maximum Gasteiger partial charge on any atom is 0.137 e. The van der Waals surface area contributed by atoms with Crippen molar-refractivity contribution < 1.29 is 0 Å². The van der Waals surface area contributed by atoms with Crippen LogP contribution in [0.15, 0.2) is 6.07 Å². The Morgan fingerprint density at radius 1 is 1.21 bits per heavy atom. The quantitative estimate of drug-likeness (QED) is 0.731. The Morgan fingerprint density at radius 3 is 2.47 bits per heavy atom. The number of rotatable bonds is 1. The van der Waals surface area contributed by atoms with Crippen molar-refractivity contribution in [2.24, 2.45) is 11.8 Å². The minimum Gasteiger partial charge on any atom is -0.356 e. The molecule has 3 nitrogen and oxygen atoms in total. The fraction of sp³-hybridized carbons (Fsp3) is 0.733. The third-order valence-corrected chi connectivity index (χ3v) is 4.20. The van der Waals surface area contributed by atoms with E-state index in [1.165, 1.54) is 6.42 Å². The molecule has 1 aliphatic rings. The average molecular weight is 282 g/mol. The Hall–Kier alpha value is -0.830. The minimum atomic E-state index is -0.0751. The van der Waals surface area contributed by atoms with Crippen molar-refractivity contribution in [1.82, 2.24) is 9.97 Å². The summed E-state index contributed by atoms with van der Waals surface area (Å²) in [6, 6.07) is 1.89. The summed E-state index contributed by atoms with van der Waals surface area (Å²) < 4.78 is 0. The lowest BCUT2D eigenvalue weighted by molar-refractivity contribution is 0.322. The first-order valence-corrected chi connectivity index (χ1v) is 7.45. The van der Waals surface area contributed by atoms with E-state index in [1.54, 1.807) is 0 Å². The largest absolute Gasteiger partial charge is 0.356 e. The smallest absolute Gasteiger partial charge is 0.137 e. The zero-order chi connectivity index (χ0) is 14.2. The summed E-state index contributed by atoms with van der Waals surface area (Å²) >= 11 is 6.16. The zero-order valence-electron chi connectivity index (χ0n) is 12.6. The Kier molecular flexibility index (Phi) is 4.05. The number of piperidine rings is 1. The molecule has 0 amide bonds. The van der Waals surface area contributed by atoms with Crippen molar-refractivity contribution in [3.05, 3.63) is 17.0 Å². The lowest BCUT2D eigenvalue weighted by Crippen LogP contribution is -2.39. The lowest BCUT2D eigenvalue weighted by Gasteiger charge is -2.36. The summed E-state index contributed by atoms with van der Waals surface area (Å²) in [6.45, 7) is 13.1. The molecule has 0 saturated carbocycles. The summed E-state index contributed by atoms with van der Waals surface area (Å²) in [4.78, 5) is 11.4. The molecule has 4 heteroatoms. The molecule has 2 heterocycles. The van der Waals surface area contributed by atoms with Gasteiger partial charge in [-0.2, -0.15) is 0 Å². The lowest BCUT2D eigenvalue weighted by atomic mass is 9.89. The monoisotopic (exact) mass is 281 g/mol. The van der Waals surface area contributed by atoms with Gasteiger partial charge in [-0.1, -0.05) is 46.2 Å². The first kappa shape index (κ1) is 14.6. The summed E-state index contributed by atoms with van der Waals surface area (Å²) in [5, 5.41) is 0.543. The average Bonchev–Trinajstić information content (AvgIpc) is 2.31. The predicted octanol–water partition coefficient (Wildman–Crippen LogP) is 3.91. The third-order valence-electron chi connectivity index (χ3n) is 4.01. The van der Waals surface area contributed by atoms with Crippen LogP contribution >= 0.6 is 11.6 Å². The summed E-state index contributed by atoms with van der Waals surface area (Å²) in [5.74, 6) is 3.28. The first-order chi connectivity index (χ1) is 8.77. The van der Waals surface area contributed by atoms with Gasteiger partial charge in [0.1, 0.15) is 16.8 Å². The van der Waals surface area contributed by atoms with Gasteiger partial charge >= 0.3 is 0 Å². The van der Waals surface area contributed by atoms with Crippen LogP contribution in [0.2, 0.25) is 5.15 Å². The zero-order valence-corrected chi connectivity index (χ0v) is 13.3. The van der Waals surface area contributed by atoms with E-state index in [9.17, 15) is 0 Å². The van der Waals surface area contributed by atoms with E-state index in [4.69, 9.17) is 16.6 Å². The van der Waals surface area contributed by atoms with Gasteiger partial charge < -0.3 is 4.90 Å². The van der Waals surface area contributed by atoms with Crippen LogP contribution in [0.4, 0.5) is 5.82 Å². The minimum absolute atomic E-state index is 0.0751. The maximum atomic E-state index is 6.16. The topological polar surface area (TPSA) is 29.0 Å². The molecular formula is C15H24ClN3. The number of hydrogen-bond donors (Lipinski definition) is 0. The Bertz CT molecular complexity index is 453. The van der Waals surface area contributed by atoms with Crippen molar-refractivity contribution in [2.75, 3.05) is 18.0 Å². The second-order valence-corrected chi connectivity index (χ2v) is 7.20. The summed E-state index contributed by atoms with van der Waals surface area (Å²) in [5.41, 5.74) is -0.0751. The van der Waals surface area contributed by atoms with E-state index >= 15 is 0 Å². The molecule has 1 fully saturated rings. The standard InChI is InChI=1S/C15H24ClN3/c1-10-6-7-19(9-11(10)2)13-8-12(16)17-14(18-13)15(3,4)5/h8,10-11H,6-7,9H2,1-5H3. The van der Waals surface area contributed by atoms with Crippen LogP contribution in [-0.2, 0) is 5.41 Å². The van der Waals surface area contributed by atoms with Crippen LogP contribution < -0.4 is 4.90 Å². The van der Waals surface area contributed by atoms with Gasteiger partial charge in [0.15, 0.2) is 0 Å². The molecule has 0 aliphatic carbocycles. The molecule has 1 aromatic rings. The first-order valence-electron chi connectivity index (χ1n) is 7.07. The van der Waals surface area contributed by atoms with Crippen molar-refractivity contribution in [3.63, 3.8) is 0 Å². The second kappa shape index (κ2) is 5.28. The number of hydrogen-bond acceptors (Lipinski definition) is 3. The number of halogens is 1. The fourth-order valence-electron chi connectivity index (χ4n) is 2.37. The van der Waals surface area contributed by atoms with Gasteiger partial charge in [0.2, 0.25) is 0 Å². The third kappa shape index (κ3) is 3.38. The molecule has 0 radical (unpaired) electrons. The van der Waals surface area contributed by atoms with Crippen molar-refractivity contribution in [3.8, 4) is 0 Å². The van der Waals surface area contributed by atoms with E-state index in [2.05, 4.69) is 44.5 Å². The fourth-order valence-corrected chi connectivity index (χ4v) is 2.55. The van der Waals surface area contributed by atoms with Gasteiger partial charge in [0, 0.05) is 24.6 Å². The van der Waals surface area contributed by atoms with E-state index in [0.29, 0.717) is 11.1 Å². The van der Waals surface area contributed by atoms with Crippen LogP contribution in [0.25, 0.3) is 0 Å². The molecule has 19 heavy (non-hydrogen) atoms. The van der Waals surface area contributed by atoms with Crippen molar-refractivity contribution in [2.45, 2.75) is 46.5 Å². The Balaban J connectivity index is 2.28. The molecule has 0 N–H and O–H groups in total. The number of aromatic nitrogens is 2. The maximum absolute atomic E-state index is 6.16. The van der Waals surface area contributed by atoms with E-state index in [-0.39, 0.29) is 5.41 Å². The van der Waals surface area contributed by atoms with Crippen molar-refractivity contribution >= 4 is 17.4 Å². The molecule has 1 saturated heterocycles. The molecule has 2 rings (SSSR count). The highest BCUT2D eigenvalue weighted by Gasteiger charge is 2.25. The highest BCUT2D eigenvalue weighted by Crippen LogP contribution is 2.29. The van der Waals surface area contributed by atoms with Gasteiger partial charge in [-0.3, -0.25) is 0 Å². The number of anilines is 1. The molecule has 2 unspecified atom stereocenters. The van der Waals surface area contributed by atoms with E-state index < -0.39 is 0 Å².